The third-order valence-corrected chi connectivity index (χ3v) is 7.59. The number of aldehydes is 1. The molecule has 0 saturated heterocycles. The molecule has 2 heterocycles. The summed E-state index contributed by atoms with van der Waals surface area (Å²) in [5.41, 5.74) is 5.74. The zero-order valence-electron chi connectivity index (χ0n) is 24.0. The molecule has 1 aliphatic rings. The van der Waals surface area contributed by atoms with Crippen LogP contribution < -0.4 is 5.32 Å². The van der Waals surface area contributed by atoms with Gasteiger partial charge >= 0.3 is 0 Å². The van der Waals surface area contributed by atoms with Crippen LogP contribution in [-0.2, 0) is 22.1 Å². The summed E-state index contributed by atoms with van der Waals surface area (Å²) in [5.74, 6) is 1.24. The standard InChI is InChI=1S/C29H39N7O2S/c1-9-19(4)36(7)29(34-21(6)26-20(5)32-17-33-28(26)23-11-12-23)27(18(2)3)35-24(16-37)30-14-22-10-13-25(31-15-22)39(8)38/h10,13,15-17,19,23H,6,9,11-12,14H2,1-5,7-8H3,(H,30,35)/t19-,39?/m0/s1. The number of hydrogen-bond donors (Lipinski definition) is 1. The number of aromatic nitrogens is 3. The molecule has 39 heavy (non-hydrogen) atoms. The fraction of sp³-hybridized carbons (Fsp3) is 0.448. The Bertz CT molecular complexity index is 1320. The van der Waals surface area contributed by atoms with Gasteiger partial charge in [0, 0.05) is 37.0 Å². The highest BCUT2D eigenvalue weighted by molar-refractivity contribution is 7.84. The van der Waals surface area contributed by atoms with E-state index in [4.69, 9.17) is 4.99 Å². The predicted octanol–water partition coefficient (Wildman–Crippen LogP) is 4.58. The third-order valence-electron chi connectivity index (χ3n) is 6.76. The Morgan fingerprint density at radius 1 is 1.28 bits per heavy atom. The first-order valence-electron chi connectivity index (χ1n) is 13.1. The van der Waals surface area contributed by atoms with Crippen molar-refractivity contribution in [2.24, 2.45) is 9.98 Å². The molecular weight excluding hydrogens is 510 g/mol. The summed E-state index contributed by atoms with van der Waals surface area (Å²) in [5, 5.41) is 3.73. The lowest BCUT2D eigenvalue weighted by Gasteiger charge is -2.30. The van der Waals surface area contributed by atoms with Gasteiger partial charge < -0.3 is 10.2 Å². The molecule has 2 aromatic rings. The minimum Gasteiger partial charge on any atom is -0.355 e. The van der Waals surface area contributed by atoms with Crippen molar-refractivity contribution in [1.82, 2.24) is 25.2 Å². The van der Waals surface area contributed by atoms with E-state index < -0.39 is 10.8 Å². The Kier molecular flexibility index (Phi) is 10.4. The van der Waals surface area contributed by atoms with Gasteiger partial charge in [-0.2, -0.15) is 0 Å². The quantitative estimate of drug-likeness (QED) is 0.248. The number of rotatable bonds is 11. The predicted molar refractivity (Wildman–Crippen MR) is 158 cm³/mol. The van der Waals surface area contributed by atoms with Gasteiger partial charge in [-0.3, -0.25) is 14.0 Å². The van der Waals surface area contributed by atoms with Crippen molar-refractivity contribution in [3.8, 4) is 0 Å². The van der Waals surface area contributed by atoms with Crippen LogP contribution in [0.2, 0.25) is 0 Å². The molecule has 208 valence electrons. The zero-order valence-corrected chi connectivity index (χ0v) is 24.8. The molecule has 0 spiro atoms. The molecule has 3 rings (SSSR count). The molecule has 0 aromatic carbocycles. The maximum atomic E-state index is 12.1. The number of carbonyl (C=O) groups is 1. The minimum atomic E-state index is -1.16. The Morgan fingerprint density at radius 3 is 2.54 bits per heavy atom. The minimum absolute atomic E-state index is 0.170. The molecule has 0 amide bonds. The number of amidine groups is 2. The van der Waals surface area contributed by atoms with Crippen LogP contribution in [0.1, 0.15) is 75.4 Å². The van der Waals surface area contributed by atoms with E-state index in [1.165, 1.54) is 0 Å². The van der Waals surface area contributed by atoms with E-state index in [0.717, 1.165) is 47.4 Å². The zero-order chi connectivity index (χ0) is 28.7. The Labute approximate surface area is 234 Å². The Hall–Kier alpha value is -3.53. The van der Waals surface area contributed by atoms with Gasteiger partial charge in [-0.25, -0.2) is 19.9 Å². The van der Waals surface area contributed by atoms with E-state index in [9.17, 15) is 9.00 Å². The molecule has 1 unspecified atom stereocenters. The molecule has 0 bridgehead atoms. The van der Waals surface area contributed by atoms with E-state index in [1.807, 2.05) is 33.9 Å². The molecule has 0 aliphatic heterocycles. The first-order valence-corrected chi connectivity index (χ1v) is 14.7. The van der Waals surface area contributed by atoms with Crippen LogP contribution in [0.4, 0.5) is 0 Å². The number of nitrogens with one attached hydrogen (secondary N) is 1. The number of nitrogens with zero attached hydrogens (tertiary/aromatic N) is 6. The van der Waals surface area contributed by atoms with Crippen LogP contribution in [0.25, 0.3) is 5.70 Å². The topological polar surface area (TPSA) is 113 Å². The second-order valence-electron chi connectivity index (χ2n) is 10.0. The van der Waals surface area contributed by atoms with Gasteiger partial charge in [0.25, 0.3) is 0 Å². The molecule has 1 aliphatic carbocycles. The fourth-order valence-corrected chi connectivity index (χ4v) is 4.44. The van der Waals surface area contributed by atoms with Crippen molar-refractivity contribution in [1.29, 1.82) is 0 Å². The molecule has 1 fully saturated rings. The summed E-state index contributed by atoms with van der Waals surface area (Å²) in [4.78, 5) is 36.9. The van der Waals surface area contributed by atoms with E-state index in [1.54, 1.807) is 24.8 Å². The van der Waals surface area contributed by atoms with E-state index in [0.29, 0.717) is 34.5 Å². The van der Waals surface area contributed by atoms with Gasteiger partial charge in [0.2, 0.25) is 0 Å². The first kappa shape index (κ1) is 30.0. The van der Waals surface area contributed by atoms with Crippen LogP contribution in [0, 0.1) is 6.92 Å². The van der Waals surface area contributed by atoms with Gasteiger partial charge in [-0.05, 0) is 64.2 Å². The second-order valence-corrected chi connectivity index (χ2v) is 11.3. The molecule has 0 radical (unpaired) electrons. The third kappa shape index (κ3) is 7.75. The number of hydrogen-bond acceptors (Lipinski definition) is 7. The number of likely N-dealkylation sites (N-methyl/N-ethyl adjacent to an activating group) is 1. The maximum Gasteiger partial charge on any atom is 0.185 e. The molecule has 1 N–H and O–H groups in total. The molecule has 10 heteroatoms. The number of allylic oxidation sites excluding steroid dienone is 1. The van der Waals surface area contributed by atoms with Crippen LogP contribution in [-0.4, -0.2) is 61.4 Å². The second kappa shape index (κ2) is 13.5. The summed E-state index contributed by atoms with van der Waals surface area (Å²) in [6.07, 6.45) is 8.62. The van der Waals surface area contributed by atoms with Crippen molar-refractivity contribution in [2.75, 3.05) is 13.3 Å². The SMILES string of the molecule is C=C(N=C(C(NC(C=O)=NCc1ccc(S(C)=O)nc1)=C(C)C)N(C)[C@@H](C)CC)c1c(C)ncnc1C1CC1. The molecule has 2 aromatic heterocycles. The van der Waals surface area contributed by atoms with Crippen LogP contribution >= 0.6 is 0 Å². The highest BCUT2D eigenvalue weighted by atomic mass is 32.2. The lowest BCUT2D eigenvalue weighted by molar-refractivity contribution is -0.102. The summed E-state index contributed by atoms with van der Waals surface area (Å²) in [6.45, 7) is 14.7. The number of pyridine rings is 1. The summed E-state index contributed by atoms with van der Waals surface area (Å²) in [7, 11) is 0.835. The lowest BCUT2D eigenvalue weighted by Crippen LogP contribution is -2.41. The van der Waals surface area contributed by atoms with Crippen molar-refractivity contribution < 1.29 is 9.00 Å². The smallest absolute Gasteiger partial charge is 0.185 e. The number of aliphatic imine (C=N–C) groups is 2. The number of carbonyl (C=O) groups excluding carboxylic acids is 1. The van der Waals surface area contributed by atoms with Crippen molar-refractivity contribution in [3.63, 3.8) is 0 Å². The molecule has 1 saturated carbocycles. The van der Waals surface area contributed by atoms with Gasteiger partial charge in [0.05, 0.1) is 40.1 Å². The van der Waals surface area contributed by atoms with E-state index in [-0.39, 0.29) is 18.4 Å². The summed E-state index contributed by atoms with van der Waals surface area (Å²) >= 11 is 0. The fourth-order valence-electron chi connectivity index (χ4n) is 3.98. The van der Waals surface area contributed by atoms with E-state index in [2.05, 4.69) is 50.6 Å². The van der Waals surface area contributed by atoms with Gasteiger partial charge in [0.15, 0.2) is 18.0 Å². The maximum absolute atomic E-state index is 12.1. The van der Waals surface area contributed by atoms with Crippen LogP contribution in [0.5, 0.6) is 0 Å². The van der Waals surface area contributed by atoms with Crippen LogP contribution in [0.3, 0.4) is 0 Å². The van der Waals surface area contributed by atoms with Crippen molar-refractivity contribution >= 4 is 34.5 Å². The van der Waals surface area contributed by atoms with Crippen LogP contribution in [0.15, 0.2) is 57.5 Å². The normalized spacial score (nSPS) is 15.4. The van der Waals surface area contributed by atoms with Gasteiger partial charge in [-0.1, -0.05) is 19.6 Å². The largest absolute Gasteiger partial charge is 0.355 e. The summed E-state index contributed by atoms with van der Waals surface area (Å²) in [6, 6.07) is 3.69. The van der Waals surface area contributed by atoms with E-state index >= 15 is 0 Å². The average Bonchev–Trinajstić information content (AvgIpc) is 3.76. The molecule has 9 nitrogen and oxygen atoms in total. The van der Waals surface area contributed by atoms with Gasteiger partial charge in [-0.15, -0.1) is 0 Å². The van der Waals surface area contributed by atoms with Gasteiger partial charge in [0.1, 0.15) is 11.4 Å². The number of aryl methyl sites for hydroxylation is 1. The first-order chi connectivity index (χ1) is 18.6. The van der Waals surface area contributed by atoms with Crippen molar-refractivity contribution in [3.05, 3.63) is 65.0 Å². The Balaban J connectivity index is 1.98. The highest BCUT2D eigenvalue weighted by Gasteiger charge is 2.30. The summed E-state index contributed by atoms with van der Waals surface area (Å²) < 4.78 is 11.6. The average molecular weight is 550 g/mol. The molecular formula is C29H39N7O2S. The van der Waals surface area contributed by atoms with Crippen molar-refractivity contribution in [2.45, 2.75) is 77.4 Å². The highest BCUT2D eigenvalue weighted by Crippen LogP contribution is 2.42. The Morgan fingerprint density at radius 2 is 2.00 bits per heavy atom. The monoisotopic (exact) mass is 549 g/mol. The molecule has 2 atom stereocenters. The lowest BCUT2D eigenvalue weighted by atomic mass is 10.1.